The molecule has 0 aliphatic carbocycles. The standard InChI is InChI=1S/C82H74N6O2.2Pt/c1-79(2,3)59-43-60(80(4,5)6)46-63(45-59)87-71-33-23-31-65(75(71)85-77(87)67-29-19-21-35-73(67)89)55-37-53(51-25-15-13-16-26-51)39-57(41-55)69-49-70(84-50-83-69)58-40-54(52-27-17-14-18-28-52)38-56(42-58)66-32-24-34-72-76(66)86-78(68-30-20-22-36-74(68)90)88(72)64-47-61(81(7,8)9)44-62(48-64)82(10,11)12;;/h13-40,43-50,89-90H,1-12H3;;/q-2;;. The zero-order valence-corrected chi connectivity index (χ0v) is 58.5. The van der Waals surface area contributed by atoms with Gasteiger partial charge in [-0.25, -0.2) is 9.97 Å². The van der Waals surface area contributed by atoms with E-state index in [0.717, 1.165) is 89.1 Å². The number of benzene rings is 10. The molecule has 466 valence electrons. The van der Waals surface area contributed by atoms with Crippen LogP contribution in [0.2, 0.25) is 0 Å². The number of hydrogen-bond acceptors (Lipinski definition) is 6. The SMILES string of the molecule is CC(C)(C)c1cc(-n2c(-c3ccccc3O)nc3c(-c4[c-]c(-c5cc(-c6[c-]c(-c7cccc8c7nc(-c7ccccc7O)n8-c7cc(C(C)(C)C)cc(C(C)(C)C)c7)cc(-c7ccccc7)c6)ncn5)cc(-c5ccccc5)c4)cccc32)cc(C(C)(C)C)c1.[Pt].[Pt]. The number of fused-ring (bicyclic) bond motifs is 2. The van der Waals surface area contributed by atoms with E-state index in [1.807, 2.05) is 54.6 Å². The maximum atomic E-state index is 11.6. The van der Waals surface area contributed by atoms with E-state index in [9.17, 15) is 10.2 Å². The van der Waals surface area contributed by atoms with Crippen molar-refractivity contribution >= 4 is 22.1 Å². The summed E-state index contributed by atoms with van der Waals surface area (Å²) in [4.78, 5) is 21.1. The van der Waals surface area contributed by atoms with E-state index in [1.54, 1.807) is 18.5 Å². The van der Waals surface area contributed by atoms with Gasteiger partial charge in [0, 0.05) is 64.9 Å². The first-order valence-corrected chi connectivity index (χ1v) is 31.0. The first-order valence-electron chi connectivity index (χ1n) is 31.0. The predicted molar refractivity (Wildman–Crippen MR) is 371 cm³/mol. The number of rotatable bonds is 10. The number of aromatic nitrogens is 6. The van der Waals surface area contributed by atoms with Gasteiger partial charge in [0.1, 0.15) is 23.1 Å². The Morgan fingerprint density at radius 2 is 0.652 bits per heavy atom. The zero-order valence-electron chi connectivity index (χ0n) is 54.0. The molecule has 0 saturated heterocycles. The molecule has 92 heavy (non-hydrogen) atoms. The van der Waals surface area contributed by atoms with E-state index in [1.165, 1.54) is 22.3 Å². The molecule has 2 N–H and O–H groups in total. The summed E-state index contributed by atoms with van der Waals surface area (Å²) in [5, 5.41) is 23.2. The Hall–Kier alpha value is -8.80. The van der Waals surface area contributed by atoms with Gasteiger partial charge in [-0.3, -0.25) is 19.1 Å². The van der Waals surface area contributed by atoms with E-state index in [2.05, 4.69) is 250 Å². The van der Waals surface area contributed by atoms with E-state index in [0.29, 0.717) is 34.2 Å². The van der Waals surface area contributed by atoms with Crippen molar-refractivity contribution in [3.8, 4) is 113 Å². The quantitative estimate of drug-likeness (QED) is 0.132. The number of nitrogens with zero attached hydrogens (tertiary/aromatic N) is 6. The van der Waals surface area contributed by atoms with Crippen LogP contribution in [-0.4, -0.2) is 39.3 Å². The second-order valence-electron chi connectivity index (χ2n) is 27.9. The molecule has 3 heterocycles. The van der Waals surface area contributed by atoms with Gasteiger partial charge in [0.2, 0.25) is 0 Å². The van der Waals surface area contributed by atoms with Gasteiger partial charge in [0.05, 0.1) is 39.5 Å². The van der Waals surface area contributed by atoms with Gasteiger partial charge >= 0.3 is 0 Å². The molecule has 0 amide bonds. The Morgan fingerprint density at radius 3 is 1.00 bits per heavy atom. The van der Waals surface area contributed by atoms with Crippen molar-refractivity contribution in [2.75, 3.05) is 0 Å². The number of phenolic OH excluding ortho intramolecular Hbond substituents is 2. The molecular formula is C82H74N6O2Pt2-2. The van der Waals surface area contributed by atoms with Crippen LogP contribution in [0.15, 0.2) is 219 Å². The van der Waals surface area contributed by atoms with Crippen LogP contribution in [0.25, 0.3) is 123 Å². The van der Waals surface area contributed by atoms with Gasteiger partial charge in [-0.2, -0.15) is 0 Å². The number of hydrogen-bond donors (Lipinski definition) is 2. The average molecular weight is 1570 g/mol. The molecule has 0 fully saturated rings. The van der Waals surface area contributed by atoms with E-state index in [4.69, 9.17) is 19.9 Å². The van der Waals surface area contributed by atoms with Crippen molar-refractivity contribution in [1.29, 1.82) is 0 Å². The van der Waals surface area contributed by atoms with Crippen LogP contribution in [0.4, 0.5) is 0 Å². The molecule has 0 atom stereocenters. The summed E-state index contributed by atoms with van der Waals surface area (Å²) in [6.45, 7) is 27.0. The Labute approximate surface area is 569 Å². The van der Waals surface area contributed by atoms with Crippen LogP contribution >= 0.6 is 0 Å². The van der Waals surface area contributed by atoms with Crippen LogP contribution < -0.4 is 0 Å². The first kappa shape index (κ1) is 64.7. The van der Waals surface area contributed by atoms with Crippen LogP contribution in [-0.2, 0) is 63.8 Å². The van der Waals surface area contributed by atoms with Gasteiger partial charge in [-0.1, -0.05) is 244 Å². The molecular weight excluding hydrogens is 1490 g/mol. The maximum absolute atomic E-state index is 11.6. The molecule has 8 nitrogen and oxygen atoms in total. The molecule has 13 aromatic rings. The van der Waals surface area contributed by atoms with Gasteiger partial charge in [0.15, 0.2) is 0 Å². The Bertz CT molecular complexity index is 4530. The summed E-state index contributed by atoms with van der Waals surface area (Å²) >= 11 is 0. The minimum atomic E-state index is -0.141. The fourth-order valence-electron chi connectivity index (χ4n) is 12.0. The van der Waals surface area contributed by atoms with Crippen molar-refractivity contribution in [2.45, 2.75) is 105 Å². The first-order chi connectivity index (χ1) is 42.9. The van der Waals surface area contributed by atoms with Gasteiger partial charge in [-0.05, 0) is 116 Å². The van der Waals surface area contributed by atoms with Crippen molar-refractivity contribution < 1.29 is 52.3 Å². The van der Waals surface area contributed by atoms with Crippen molar-refractivity contribution in [3.63, 3.8) is 0 Å². The summed E-state index contributed by atoms with van der Waals surface area (Å²) < 4.78 is 4.41. The molecule has 0 unspecified atom stereocenters. The number of imidazole rings is 2. The van der Waals surface area contributed by atoms with E-state index < -0.39 is 0 Å². The normalized spacial score (nSPS) is 12.0. The smallest absolute Gasteiger partial charge is 0.148 e. The Morgan fingerprint density at radius 1 is 0.326 bits per heavy atom. The molecule has 0 radical (unpaired) electrons. The summed E-state index contributed by atoms with van der Waals surface area (Å²) in [7, 11) is 0. The largest absolute Gasteiger partial charge is 0.507 e. The third kappa shape index (κ3) is 12.6. The van der Waals surface area contributed by atoms with Crippen LogP contribution in [0.5, 0.6) is 11.5 Å². The van der Waals surface area contributed by atoms with Crippen LogP contribution in [0, 0.1) is 12.1 Å². The van der Waals surface area contributed by atoms with Gasteiger partial charge < -0.3 is 10.2 Å². The monoisotopic (exact) mass is 1560 g/mol. The van der Waals surface area contributed by atoms with Gasteiger partial charge in [-0.15, -0.1) is 47.5 Å². The molecule has 3 aromatic heterocycles. The maximum Gasteiger partial charge on any atom is 0.148 e. The third-order valence-electron chi connectivity index (χ3n) is 17.2. The second-order valence-corrected chi connectivity index (χ2v) is 27.9. The van der Waals surface area contributed by atoms with Crippen LogP contribution in [0.3, 0.4) is 0 Å². The fraction of sp³-hybridized carbons (Fsp3) is 0.195. The third-order valence-corrected chi connectivity index (χ3v) is 17.2. The summed E-state index contributed by atoms with van der Waals surface area (Å²) in [6, 6.07) is 80.6. The molecule has 0 aliphatic rings. The van der Waals surface area contributed by atoms with Gasteiger partial charge in [0.25, 0.3) is 0 Å². The van der Waals surface area contributed by atoms with Crippen LogP contribution in [0.1, 0.15) is 105 Å². The molecule has 0 bridgehead atoms. The summed E-state index contributed by atoms with van der Waals surface area (Å²) in [6.07, 6.45) is 1.63. The van der Waals surface area contributed by atoms with Crippen molar-refractivity contribution in [1.82, 2.24) is 29.1 Å². The molecule has 10 heteroatoms. The number of para-hydroxylation sites is 4. The summed E-state index contributed by atoms with van der Waals surface area (Å²) in [5.41, 5.74) is 21.2. The minimum absolute atomic E-state index is 0. The zero-order chi connectivity index (χ0) is 63.0. The predicted octanol–water partition coefficient (Wildman–Crippen LogP) is 20.7. The molecule has 10 aromatic carbocycles. The van der Waals surface area contributed by atoms with E-state index in [-0.39, 0.29) is 75.3 Å². The van der Waals surface area contributed by atoms with Crippen molar-refractivity contribution in [3.05, 3.63) is 253 Å². The Balaban J connectivity index is 0.00000433. The minimum Gasteiger partial charge on any atom is -0.507 e. The van der Waals surface area contributed by atoms with Crippen molar-refractivity contribution in [2.24, 2.45) is 0 Å². The molecule has 13 rings (SSSR count). The number of aromatic hydroxyl groups is 2. The second kappa shape index (κ2) is 25.0. The Kier molecular flexibility index (Phi) is 17.6. The molecule has 0 aliphatic heterocycles. The average Bonchev–Trinajstić information content (AvgIpc) is 1.59. The number of phenols is 2. The fourth-order valence-corrected chi connectivity index (χ4v) is 12.0. The molecule has 0 spiro atoms. The topological polar surface area (TPSA) is 102 Å². The van der Waals surface area contributed by atoms with E-state index >= 15 is 0 Å². The summed E-state index contributed by atoms with van der Waals surface area (Å²) in [5.74, 6) is 1.57. The molecule has 0 saturated carbocycles.